The zero-order valence-corrected chi connectivity index (χ0v) is 25.3. The number of hydrogen-bond donors (Lipinski definition) is 4. The highest BCUT2D eigenvalue weighted by molar-refractivity contribution is 5.90. The van der Waals surface area contributed by atoms with Gasteiger partial charge >= 0.3 is 5.97 Å². The van der Waals surface area contributed by atoms with E-state index in [1.54, 1.807) is 13.8 Å². The molecule has 234 valence electrons. The second-order valence-electron chi connectivity index (χ2n) is 11.9. The van der Waals surface area contributed by atoms with Crippen LogP contribution in [0.1, 0.15) is 52.2 Å². The number of carboxylic acids is 1. The molecular formula is C32H43N3O8. The Morgan fingerprint density at radius 1 is 0.930 bits per heavy atom. The summed E-state index contributed by atoms with van der Waals surface area (Å²) in [5.41, 5.74) is 2.00. The fraction of sp³-hybridized carbons (Fsp3) is 0.531. The second kappa shape index (κ2) is 14.4. The second-order valence-corrected chi connectivity index (χ2v) is 11.9. The number of amides is 2. The lowest BCUT2D eigenvalue weighted by Gasteiger charge is -2.32. The number of ether oxygens (including phenoxy) is 4. The van der Waals surface area contributed by atoms with Gasteiger partial charge in [0.25, 0.3) is 0 Å². The number of aliphatic carboxylic acids is 1. The summed E-state index contributed by atoms with van der Waals surface area (Å²) in [5.74, 6) is -3.30. The average molecular weight is 598 g/mol. The molecule has 11 heteroatoms. The number of carboxylic acid groups (broad SMARTS) is 1. The van der Waals surface area contributed by atoms with E-state index in [2.05, 4.69) is 16.0 Å². The van der Waals surface area contributed by atoms with Gasteiger partial charge < -0.3 is 40.0 Å². The molecule has 0 radical (unpaired) electrons. The largest absolute Gasteiger partial charge is 0.480 e. The molecule has 11 nitrogen and oxygen atoms in total. The van der Waals surface area contributed by atoms with Crippen molar-refractivity contribution in [2.24, 2.45) is 5.92 Å². The summed E-state index contributed by atoms with van der Waals surface area (Å²) < 4.78 is 25.0. The Morgan fingerprint density at radius 2 is 1.56 bits per heavy atom. The molecule has 2 heterocycles. The van der Waals surface area contributed by atoms with Crippen molar-refractivity contribution >= 4 is 17.8 Å². The molecule has 0 aliphatic carbocycles. The number of nitrogens with one attached hydrogen (secondary N) is 3. The smallest absolute Gasteiger partial charge is 0.326 e. The monoisotopic (exact) mass is 597 g/mol. The van der Waals surface area contributed by atoms with Gasteiger partial charge in [-0.2, -0.15) is 0 Å². The maximum atomic E-state index is 13.3. The molecule has 43 heavy (non-hydrogen) atoms. The Kier molecular flexibility index (Phi) is 10.9. The van der Waals surface area contributed by atoms with E-state index in [0.29, 0.717) is 13.2 Å². The van der Waals surface area contributed by atoms with Crippen LogP contribution in [0.2, 0.25) is 0 Å². The first kappa shape index (κ1) is 32.6. The van der Waals surface area contributed by atoms with Crippen LogP contribution in [0, 0.1) is 5.92 Å². The van der Waals surface area contributed by atoms with Gasteiger partial charge in [-0.15, -0.1) is 0 Å². The highest BCUT2D eigenvalue weighted by atomic mass is 16.8. The molecule has 0 saturated carbocycles. The van der Waals surface area contributed by atoms with E-state index in [4.69, 9.17) is 18.9 Å². The summed E-state index contributed by atoms with van der Waals surface area (Å²) in [6, 6.07) is 17.0. The van der Waals surface area contributed by atoms with Crippen molar-refractivity contribution in [3.8, 4) is 0 Å². The quantitative estimate of drug-likeness (QED) is 0.258. The van der Waals surface area contributed by atoms with Crippen molar-refractivity contribution in [3.05, 3.63) is 71.8 Å². The predicted octanol–water partition coefficient (Wildman–Crippen LogP) is 2.73. The van der Waals surface area contributed by atoms with Gasteiger partial charge in [0.1, 0.15) is 30.4 Å². The first-order valence-corrected chi connectivity index (χ1v) is 14.7. The molecule has 2 aromatic carbocycles. The van der Waals surface area contributed by atoms with Gasteiger partial charge in [-0.25, -0.2) is 4.79 Å². The van der Waals surface area contributed by atoms with Crippen molar-refractivity contribution < 1.29 is 38.4 Å². The Morgan fingerprint density at radius 3 is 2.16 bits per heavy atom. The molecule has 1 unspecified atom stereocenters. The van der Waals surface area contributed by atoms with Crippen LogP contribution in [0.5, 0.6) is 0 Å². The molecule has 2 amide bonds. The third kappa shape index (κ3) is 8.84. The Labute approximate surface area is 252 Å². The van der Waals surface area contributed by atoms with Crippen molar-refractivity contribution in [2.45, 2.75) is 103 Å². The van der Waals surface area contributed by atoms with E-state index in [0.717, 1.165) is 11.1 Å². The zero-order chi connectivity index (χ0) is 31.1. The number of carbonyl (C=O) groups excluding carboxylic acids is 2. The van der Waals surface area contributed by atoms with Crippen molar-refractivity contribution in [3.63, 3.8) is 0 Å². The fourth-order valence-electron chi connectivity index (χ4n) is 5.29. The topological polar surface area (TPSA) is 144 Å². The van der Waals surface area contributed by atoms with Gasteiger partial charge in [-0.3, -0.25) is 9.59 Å². The summed E-state index contributed by atoms with van der Waals surface area (Å²) in [7, 11) is 0. The summed E-state index contributed by atoms with van der Waals surface area (Å²) in [6.45, 7) is 9.32. The minimum atomic E-state index is -1.13. The zero-order valence-electron chi connectivity index (χ0n) is 25.3. The van der Waals surface area contributed by atoms with Crippen LogP contribution >= 0.6 is 0 Å². The summed E-state index contributed by atoms with van der Waals surface area (Å²) >= 11 is 0. The van der Waals surface area contributed by atoms with Crippen LogP contribution in [0.4, 0.5) is 0 Å². The normalized spacial score (nSPS) is 24.6. The van der Waals surface area contributed by atoms with Gasteiger partial charge in [-0.05, 0) is 37.8 Å². The van der Waals surface area contributed by atoms with Crippen molar-refractivity contribution in [1.82, 2.24) is 16.0 Å². The molecule has 0 bridgehead atoms. The van der Waals surface area contributed by atoms with Crippen LogP contribution in [0.15, 0.2) is 60.7 Å². The summed E-state index contributed by atoms with van der Waals surface area (Å²) in [4.78, 5) is 37.6. The predicted molar refractivity (Wildman–Crippen MR) is 157 cm³/mol. The van der Waals surface area contributed by atoms with Crippen LogP contribution in [0.25, 0.3) is 0 Å². The minimum absolute atomic E-state index is 0.0459. The third-order valence-corrected chi connectivity index (χ3v) is 7.53. The van der Waals surface area contributed by atoms with E-state index >= 15 is 0 Å². The lowest BCUT2D eigenvalue weighted by molar-refractivity contribution is -0.222. The molecule has 2 saturated heterocycles. The molecule has 4 rings (SSSR count). The number of rotatable bonds is 14. The lowest BCUT2D eigenvalue weighted by atomic mass is 9.99. The van der Waals surface area contributed by atoms with Crippen LogP contribution in [0.3, 0.4) is 0 Å². The molecule has 2 aliphatic heterocycles. The highest BCUT2D eigenvalue weighted by Crippen LogP contribution is 2.40. The SMILES string of the molecule is CC(C)[C@H](NC(=O)[C@H](C)NC(=O)C[C@@H](NCc1ccccc1)C1O[C@@H]2OC(C)(C)O[C@@H]2[C@H]1OCc1ccccc1)C(=O)O. The Bertz CT molecular complexity index is 1230. The number of fused-ring (bicyclic) bond motifs is 1. The minimum Gasteiger partial charge on any atom is -0.480 e. The molecule has 2 aliphatic rings. The number of carbonyl (C=O) groups is 3. The van der Waals surface area contributed by atoms with Crippen molar-refractivity contribution in [2.75, 3.05) is 0 Å². The van der Waals surface area contributed by atoms with Gasteiger partial charge in [0.05, 0.1) is 6.61 Å². The Hall–Kier alpha value is -3.35. The highest BCUT2D eigenvalue weighted by Gasteiger charge is 2.57. The summed E-state index contributed by atoms with van der Waals surface area (Å²) in [5, 5.41) is 18.1. The van der Waals surface area contributed by atoms with E-state index in [1.807, 2.05) is 74.5 Å². The Balaban J connectivity index is 1.50. The molecule has 2 fully saturated rings. The average Bonchev–Trinajstić information content (AvgIpc) is 3.44. The van der Waals surface area contributed by atoms with Gasteiger partial charge in [0, 0.05) is 19.0 Å². The summed E-state index contributed by atoms with van der Waals surface area (Å²) in [6.07, 6.45) is -2.42. The fourth-order valence-corrected chi connectivity index (χ4v) is 5.29. The van der Waals surface area contributed by atoms with Gasteiger partial charge in [-0.1, -0.05) is 74.5 Å². The first-order valence-electron chi connectivity index (χ1n) is 14.7. The third-order valence-electron chi connectivity index (χ3n) is 7.53. The van der Waals surface area contributed by atoms with Crippen LogP contribution < -0.4 is 16.0 Å². The maximum absolute atomic E-state index is 13.3. The standard InChI is InChI=1S/C32H43N3O8/c1-19(2)25(30(38)39)35-29(37)20(3)34-24(36)16-23(33-17-21-12-8-6-9-13-21)26-27(40-18-22-14-10-7-11-15-22)28-31(41-26)43-32(4,5)42-28/h6-15,19-20,23,25-28,31,33H,16-18H2,1-5H3,(H,34,36)(H,35,37)(H,38,39)/t20-,23+,25-,26?,27-,28+,31+/m0/s1. The van der Waals surface area contributed by atoms with Crippen molar-refractivity contribution in [1.29, 1.82) is 0 Å². The molecule has 0 aromatic heterocycles. The maximum Gasteiger partial charge on any atom is 0.326 e. The van der Waals surface area contributed by atoms with E-state index in [9.17, 15) is 19.5 Å². The van der Waals surface area contributed by atoms with E-state index < -0.39 is 66.3 Å². The molecule has 2 aromatic rings. The van der Waals surface area contributed by atoms with Gasteiger partial charge in [0.2, 0.25) is 11.8 Å². The van der Waals surface area contributed by atoms with E-state index in [-0.39, 0.29) is 12.3 Å². The molecule has 7 atom stereocenters. The van der Waals surface area contributed by atoms with Crippen LogP contribution in [-0.2, 0) is 46.5 Å². The molecular weight excluding hydrogens is 554 g/mol. The lowest BCUT2D eigenvalue weighted by Crippen LogP contribution is -2.54. The van der Waals surface area contributed by atoms with E-state index in [1.165, 1.54) is 6.92 Å². The number of hydrogen-bond acceptors (Lipinski definition) is 8. The first-order chi connectivity index (χ1) is 20.4. The molecule has 4 N–H and O–H groups in total. The molecule has 0 spiro atoms. The number of benzene rings is 2. The van der Waals surface area contributed by atoms with Gasteiger partial charge in [0.15, 0.2) is 12.1 Å². The van der Waals surface area contributed by atoms with Crippen LogP contribution in [-0.4, -0.2) is 71.4 Å².